The van der Waals surface area contributed by atoms with Crippen molar-refractivity contribution >= 4 is 34.4 Å². The molecule has 26 heavy (non-hydrogen) atoms. The van der Waals surface area contributed by atoms with Gasteiger partial charge in [0.2, 0.25) is 5.91 Å². The molecule has 7 heteroatoms. The summed E-state index contributed by atoms with van der Waals surface area (Å²) in [5.74, 6) is -0.166. The third-order valence-corrected chi connectivity index (χ3v) is 6.29. The number of aromatic nitrogens is 1. The van der Waals surface area contributed by atoms with Crippen LogP contribution in [0.5, 0.6) is 0 Å². The van der Waals surface area contributed by atoms with Gasteiger partial charge in [-0.15, -0.1) is 11.3 Å². The first-order valence-corrected chi connectivity index (χ1v) is 9.70. The van der Waals surface area contributed by atoms with Crippen LogP contribution in [0.15, 0.2) is 34.1 Å². The molecule has 2 aliphatic heterocycles. The Balaban J connectivity index is 1.30. The fraction of sp³-hybridized carbons (Fsp3) is 0.368. The topological polar surface area (TPSA) is 49.6 Å². The second kappa shape index (κ2) is 6.09. The lowest BCUT2D eigenvalue weighted by Gasteiger charge is -2.29. The van der Waals surface area contributed by atoms with Gasteiger partial charge in [0.15, 0.2) is 5.58 Å². The number of benzene rings is 1. The van der Waals surface area contributed by atoms with Gasteiger partial charge in [-0.3, -0.25) is 4.79 Å². The Kier molecular flexibility index (Phi) is 3.70. The number of anilines is 1. The van der Waals surface area contributed by atoms with Crippen molar-refractivity contribution < 1.29 is 13.6 Å². The molecule has 1 amide bonds. The number of oxazole rings is 1. The molecule has 0 spiro atoms. The van der Waals surface area contributed by atoms with E-state index >= 15 is 0 Å². The SMILES string of the molecule is O=C(C1CCN(c2nc3ccc(F)cc3o2)C1)N1CCc2sccc2C1. The molecule has 0 bridgehead atoms. The largest absolute Gasteiger partial charge is 0.423 e. The Bertz CT molecular complexity index is 982. The molecular formula is C19H18FN3O2S. The average Bonchev–Trinajstić information content (AvgIpc) is 3.37. The highest BCUT2D eigenvalue weighted by Crippen LogP contribution is 2.30. The predicted molar refractivity (Wildman–Crippen MR) is 97.7 cm³/mol. The van der Waals surface area contributed by atoms with Gasteiger partial charge < -0.3 is 14.2 Å². The van der Waals surface area contributed by atoms with Crippen molar-refractivity contribution in [2.45, 2.75) is 19.4 Å². The number of halogens is 1. The summed E-state index contributed by atoms with van der Waals surface area (Å²) in [5, 5.41) is 2.10. The third-order valence-electron chi connectivity index (χ3n) is 5.27. The van der Waals surface area contributed by atoms with E-state index in [4.69, 9.17) is 4.42 Å². The minimum absolute atomic E-state index is 0.0399. The minimum atomic E-state index is -0.340. The van der Waals surface area contributed by atoms with Crippen molar-refractivity contribution in [3.63, 3.8) is 0 Å². The van der Waals surface area contributed by atoms with Crippen LogP contribution in [-0.4, -0.2) is 35.4 Å². The maximum absolute atomic E-state index is 13.3. The monoisotopic (exact) mass is 371 g/mol. The highest BCUT2D eigenvalue weighted by atomic mass is 32.1. The zero-order valence-electron chi connectivity index (χ0n) is 14.2. The molecule has 1 atom stereocenters. The molecule has 1 unspecified atom stereocenters. The van der Waals surface area contributed by atoms with Crippen molar-refractivity contribution in [3.05, 3.63) is 45.9 Å². The number of nitrogens with zero attached hydrogens (tertiary/aromatic N) is 3. The number of rotatable bonds is 2. The number of fused-ring (bicyclic) bond motifs is 2. The molecule has 0 N–H and O–H groups in total. The number of carbonyl (C=O) groups is 1. The van der Waals surface area contributed by atoms with Gasteiger partial charge in [-0.2, -0.15) is 4.98 Å². The lowest BCUT2D eigenvalue weighted by atomic mass is 10.0. The molecule has 0 saturated carbocycles. The number of carbonyl (C=O) groups excluding carboxylic acids is 1. The smallest absolute Gasteiger partial charge is 0.298 e. The van der Waals surface area contributed by atoms with E-state index in [0.717, 1.165) is 32.5 Å². The van der Waals surface area contributed by atoms with E-state index in [1.165, 1.54) is 22.6 Å². The Hall–Kier alpha value is -2.41. The standard InChI is InChI=1S/C19H18FN3O2S/c20-14-1-2-15-16(9-14)25-19(21-15)23-6-3-13(11-23)18(24)22-7-4-17-12(10-22)5-8-26-17/h1-2,5,8-9,13H,3-4,6-7,10-11H2. The van der Waals surface area contributed by atoms with E-state index in [1.807, 2.05) is 9.80 Å². The molecule has 1 saturated heterocycles. The van der Waals surface area contributed by atoms with Gasteiger partial charge in [-0.05, 0) is 42.0 Å². The van der Waals surface area contributed by atoms with Crippen molar-refractivity contribution in [3.8, 4) is 0 Å². The van der Waals surface area contributed by atoms with Crippen molar-refractivity contribution in [1.82, 2.24) is 9.88 Å². The quantitative estimate of drug-likeness (QED) is 0.692. The van der Waals surface area contributed by atoms with Crippen LogP contribution in [0.1, 0.15) is 16.9 Å². The fourth-order valence-corrected chi connectivity index (χ4v) is 4.74. The number of hydrogen-bond donors (Lipinski definition) is 0. The fourth-order valence-electron chi connectivity index (χ4n) is 3.85. The first-order chi connectivity index (χ1) is 12.7. The maximum atomic E-state index is 13.3. The Morgan fingerprint density at radius 2 is 2.23 bits per heavy atom. The van der Waals surface area contributed by atoms with Crippen LogP contribution < -0.4 is 4.90 Å². The van der Waals surface area contributed by atoms with E-state index in [9.17, 15) is 9.18 Å². The first kappa shape index (κ1) is 15.8. The summed E-state index contributed by atoms with van der Waals surface area (Å²) in [5.41, 5.74) is 2.36. The van der Waals surface area contributed by atoms with Crippen molar-refractivity contribution in [2.24, 2.45) is 5.92 Å². The lowest BCUT2D eigenvalue weighted by molar-refractivity contribution is -0.135. The average molecular weight is 371 g/mol. The number of hydrogen-bond acceptors (Lipinski definition) is 5. The Morgan fingerprint density at radius 3 is 3.15 bits per heavy atom. The number of amides is 1. The van der Waals surface area contributed by atoms with Gasteiger partial charge in [-0.1, -0.05) is 0 Å². The van der Waals surface area contributed by atoms with Gasteiger partial charge in [0.05, 0.1) is 5.92 Å². The molecule has 0 aliphatic carbocycles. The molecule has 1 aromatic carbocycles. The highest BCUT2D eigenvalue weighted by molar-refractivity contribution is 7.10. The third kappa shape index (κ3) is 2.67. The van der Waals surface area contributed by atoms with Gasteiger partial charge >= 0.3 is 0 Å². The molecule has 5 rings (SSSR count). The first-order valence-electron chi connectivity index (χ1n) is 8.82. The predicted octanol–water partition coefficient (Wildman–Crippen LogP) is 3.44. The summed E-state index contributed by atoms with van der Waals surface area (Å²) in [4.78, 5) is 22.7. The van der Waals surface area contributed by atoms with Crippen molar-refractivity contribution in [2.75, 3.05) is 24.5 Å². The van der Waals surface area contributed by atoms with E-state index < -0.39 is 0 Å². The van der Waals surface area contributed by atoms with E-state index in [-0.39, 0.29) is 17.6 Å². The zero-order chi connectivity index (χ0) is 17.7. The lowest BCUT2D eigenvalue weighted by Crippen LogP contribution is -2.40. The van der Waals surface area contributed by atoms with Crippen LogP contribution in [0.25, 0.3) is 11.1 Å². The summed E-state index contributed by atoms with van der Waals surface area (Å²) < 4.78 is 19.0. The summed E-state index contributed by atoms with van der Waals surface area (Å²) in [6, 6.07) is 6.93. The second-order valence-corrected chi connectivity index (χ2v) is 7.92. The van der Waals surface area contributed by atoms with Gasteiger partial charge in [0.25, 0.3) is 6.01 Å². The van der Waals surface area contributed by atoms with Crippen LogP contribution in [0.4, 0.5) is 10.4 Å². The highest BCUT2D eigenvalue weighted by Gasteiger charge is 2.34. The van der Waals surface area contributed by atoms with Crippen molar-refractivity contribution in [1.29, 1.82) is 0 Å². The van der Waals surface area contributed by atoms with Crippen LogP contribution in [0.2, 0.25) is 0 Å². The van der Waals surface area contributed by atoms with E-state index in [1.54, 1.807) is 17.4 Å². The van der Waals surface area contributed by atoms with Crippen LogP contribution >= 0.6 is 11.3 Å². The van der Waals surface area contributed by atoms with Crippen LogP contribution in [-0.2, 0) is 17.8 Å². The molecule has 3 aromatic rings. The summed E-state index contributed by atoms with van der Waals surface area (Å²) in [6.07, 6.45) is 1.74. The van der Waals surface area contributed by atoms with Crippen LogP contribution in [0, 0.1) is 11.7 Å². The van der Waals surface area contributed by atoms with Gasteiger partial charge in [-0.25, -0.2) is 4.39 Å². The summed E-state index contributed by atoms with van der Waals surface area (Å²) >= 11 is 1.78. The molecule has 4 heterocycles. The number of thiophene rings is 1. The summed E-state index contributed by atoms with van der Waals surface area (Å²) in [7, 11) is 0. The Morgan fingerprint density at radius 1 is 1.31 bits per heavy atom. The summed E-state index contributed by atoms with van der Waals surface area (Å²) in [6.45, 7) is 2.84. The van der Waals surface area contributed by atoms with E-state index in [0.29, 0.717) is 23.7 Å². The molecular weight excluding hydrogens is 353 g/mol. The molecule has 1 fully saturated rings. The van der Waals surface area contributed by atoms with Crippen LogP contribution in [0.3, 0.4) is 0 Å². The molecule has 0 radical (unpaired) electrons. The zero-order valence-corrected chi connectivity index (χ0v) is 15.0. The van der Waals surface area contributed by atoms with Gasteiger partial charge in [0.1, 0.15) is 11.3 Å². The Labute approximate surface area is 154 Å². The second-order valence-electron chi connectivity index (χ2n) is 6.92. The maximum Gasteiger partial charge on any atom is 0.298 e. The molecule has 2 aliphatic rings. The van der Waals surface area contributed by atoms with Gasteiger partial charge in [0, 0.05) is 37.1 Å². The normalized spacial score (nSPS) is 20.0. The van der Waals surface area contributed by atoms with E-state index in [2.05, 4.69) is 16.4 Å². The minimum Gasteiger partial charge on any atom is -0.423 e. The molecule has 134 valence electrons. The molecule has 2 aromatic heterocycles. The molecule has 5 nitrogen and oxygen atoms in total.